The number of hydrogen-bond acceptors (Lipinski definition) is 7. The van der Waals surface area contributed by atoms with Gasteiger partial charge in [-0.15, -0.1) is 0 Å². The third-order valence-electron chi connectivity index (χ3n) is 2.83. The monoisotopic (exact) mass is 234 g/mol. The molecule has 3 rings (SSSR count). The highest BCUT2D eigenvalue weighted by atomic mass is 16.9. The van der Waals surface area contributed by atoms with Crippen molar-refractivity contribution >= 4 is 0 Å². The van der Waals surface area contributed by atoms with Gasteiger partial charge in [-0.3, -0.25) is 4.74 Å². The van der Waals surface area contributed by atoms with E-state index in [4.69, 9.17) is 33.2 Å². The molecule has 7 heteroatoms. The van der Waals surface area contributed by atoms with Gasteiger partial charge in [0, 0.05) is 14.2 Å². The van der Waals surface area contributed by atoms with E-state index in [9.17, 15) is 0 Å². The van der Waals surface area contributed by atoms with Crippen LogP contribution in [0.3, 0.4) is 0 Å². The van der Waals surface area contributed by atoms with Crippen LogP contribution in [0.5, 0.6) is 0 Å². The molecule has 0 aliphatic carbocycles. The lowest BCUT2D eigenvalue weighted by molar-refractivity contribution is -0.356. The Balaban J connectivity index is 1.68. The van der Waals surface area contributed by atoms with Crippen LogP contribution in [0.1, 0.15) is 0 Å². The summed E-state index contributed by atoms with van der Waals surface area (Å²) in [5.41, 5.74) is 0. The zero-order chi connectivity index (χ0) is 11.1. The van der Waals surface area contributed by atoms with Gasteiger partial charge in [-0.1, -0.05) is 0 Å². The normalized spacial score (nSPS) is 51.4. The van der Waals surface area contributed by atoms with Crippen LogP contribution < -0.4 is 0 Å². The lowest BCUT2D eigenvalue weighted by Crippen LogP contribution is -2.46. The predicted octanol–water partition coefficient (Wildman–Crippen LogP) is -0.598. The Bertz CT molecular complexity index is 260. The highest BCUT2D eigenvalue weighted by Crippen LogP contribution is 2.36. The molecule has 7 nitrogen and oxygen atoms in total. The van der Waals surface area contributed by atoms with E-state index in [-0.39, 0.29) is 18.3 Å². The Morgan fingerprint density at radius 2 is 1.62 bits per heavy atom. The van der Waals surface area contributed by atoms with Crippen LogP contribution in [0, 0.1) is 0 Å². The minimum atomic E-state index is -0.691. The number of fused-ring (bicyclic) bond motifs is 3. The van der Waals surface area contributed by atoms with Crippen LogP contribution >= 0.6 is 0 Å². The predicted molar refractivity (Wildman–Crippen MR) is 47.0 cm³/mol. The van der Waals surface area contributed by atoms with E-state index in [1.54, 1.807) is 0 Å². The summed E-state index contributed by atoms with van der Waals surface area (Å²) in [5, 5.41) is 0. The number of methoxy groups -OCH3 is 2. The van der Waals surface area contributed by atoms with Crippen molar-refractivity contribution < 1.29 is 33.2 Å². The SMILES string of the molecule is COC1OC[C@H]2O[C@@H]3OC(OC)O[C@@H]3[C@H]2O1. The van der Waals surface area contributed by atoms with Crippen LogP contribution in [0.2, 0.25) is 0 Å². The maximum Gasteiger partial charge on any atom is 0.274 e. The first-order chi connectivity index (χ1) is 7.81. The van der Waals surface area contributed by atoms with Crippen molar-refractivity contribution in [3.05, 3.63) is 0 Å². The van der Waals surface area contributed by atoms with Gasteiger partial charge in [0.1, 0.15) is 18.3 Å². The first-order valence-corrected chi connectivity index (χ1v) is 5.11. The van der Waals surface area contributed by atoms with Crippen molar-refractivity contribution in [2.45, 2.75) is 37.6 Å². The fourth-order valence-corrected chi connectivity index (χ4v) is 2.09. The third kappa shape index (κ3) is 1.65. The minimum Gasteiger partial charge on any atom is -0.341 e. The summed E-state index contributed by atoms with van der Waals surface area (Å²) < 4.78 is 37.1. The van der Waals surface area contributed by atoms with Crippen LogP contribution in [0.15, 0.2) is 0 Å². The number of hydrogen-bond donors (Lipinski definition) is 0. The van der Waals surface area contributed by atoms with Gasteiger partial charge in [0.25, 0.3) is 13.0 Å². The smallest absolute Gasteiger partial charge is 0.274 e. The largest absolute Gasteiger partial charge is 0.341 e. The molecule has 2 unspecified atom stereocenters. The lowest BCUT2D eigenvalue weighted by Gasteiger charge is -2.31. The quantitative estimate of drug-likeness (QED) is 0.632. The first kappa shape index (κ1) is 10.8. The summed E-state index contributed by atoms with van der Waals surface area (Å²) in [5.74, 6) is 0. The van der Waals surface area contributed by atoms with Crippen LogP contribution in [-0.2, 0) is 33.2 Å². The minimum absolute atomic E-state index is 0.181. The van der Waals surface area contributed by atoms with Crippen LogP contribution in [0.25, 0.3) is 0 Å². The molecule has 6 atom stereocenters. The first-order valence-electron chi connectivity index (χ1n) is 5.11. The van der Waals surface area contributed by atoms with E-state index in [1.165, 1.54) is 14.2 Å². The van der Waals surface area contributed by atoms with Crippen molar-refractivity contribution in [1.29, 1.82) is 0 Å². The highest BCUT2D eigenvalue weighted by Gasteiger charge is 2.55. The van der Waals surface area contributed by atoms with Gasteiger partial charge in [-0.05, 0) is 0 Å². The van der Waals surface area contributed by atoms with Gasteiger partial charge in [0.05, 0.1) is 6.61 Å². The molecule has 0 spiro atoms. The molecule has 3 heterocycles. The van der Waals surface area contributed by atoms with E-state index in [0.717, 1.165) is 0 Å². The molecule has 92 valence electrons. The number of ether oxygens (including phenoxy) is 7. The van der Waals surface area contributed by atoms with Gasteiger partial charge >= 0.3 is 0 Å². The van der Waals surface area contributed by atoms with E-state index < -0.39 is 19.2 Å². The fraction of sp³-hybridized carbons (Fsp3) is 1.00. The molecule has 0 aromatic rings. The summed E-state index contributed by atoms with van der Waals surface area (Å²) in [4.78, 5) is 0. The molecule has 0 N–H and O–H groups in total. The maximum absolute atomic E-state index is 5.58. The summed E-state index contributed by atoms with van der Waals surface area (Å²) in [6.45, 7) is -0.960. The second kappa shape index (κ2) is 4.19. The second-order valence-electron chi connectivity index (χ2n) is 3.76. The molecule has 0 radical (unpaired) electrons. The Morgan fingerprint density at radius 3 is 2.38 bits per heavy atom. The van der Waals surface area contributed by atoms with Gasteiger partial charge in [0.15, 0.2) is 6.29 Å². The van der Waals surface area contributed by atoms with Crippen LogP contribution in [-0.4, -0.2) is 58.4 Å². The average Bonchev–Trinajstić information content (AvgIpc) is 2.85. The Hall–Kier alpha value is -0.280. The highest BCUT2D eigenvalue weighted by molar-refractivity contribution is 4.92. The molecule has 3 aliphatic heterocycles. The third-order valence-corrected chi connectivity index (χ3v) is 2.83. The maximum atomic E-state index is 5.58. The zero-order valence-corrected chi connectivity index (χ0v) is 9.03. The Morgan fingerprint density at radius 1 is 0.875 bits per heavy atom. The van der Waals surface area contributed by atoms with Crippen molar-refractivity contribution in [2.75, 3.05) is 20.8 Å². The van der Waals surface area contributed by atoms with Crippen molar-refractivity contribution in [3.8, 4) is 0 Å². The van der Waals surface area contributed by atoms with Crippen LogP contribution in [0.4, 0.5) is 0 Å². The molecular weight excluding hydrogens is 220 g/mol. The van der Waals surface area contributed by atoms with Gasteiger partial charge < -0.3 is 28.4 Å². The molecule has 0 amide bonds. The molecule has 0 aromatic heterocycles. The van der Waals surface area contributed by atoms with E-state index >= 15 is 0 Å². The summed E-state index contributed by atoms with van der Waals surface area (Å²) in [6.07, 6.45) is -1.18. The molecule has 0 aromatic carbocycles. The zero-order valence-electron chi connectivity index (χ0n) is 9.03. The van der Waals surface area contributed by atoms with Gasteiger partial charge in [-0.25, -0.2) is 0 Å². The topological polar surface area (TPSA) is 64.6 Å². The van der Waals surface area contributed by atoms with Crippen molar-refractivity contribution in [3.63, 3.8) is 0 Å². The molecule has 3 saturated heterocycles. The van der Waals surface area contributed by atoms with E-state index in [1.807, 2.05) is 0 Å². The van der Waals surface area contributed by atoms with Crippen molar-refractivity contribution in [2.24, 2.45) is 0 Å². The second-order valence-corrected chi connectivity index (χ2v) is 3.76. The molecule has 3 aliphatic rings. The lowest BCUT2D eigenvalue weighted by atomic mass is 10.1. The molecule has 16 heavy (non-hydrogen) atoms. The van der Waals surface area contributed by atoms with E-state index in [0.29, 0.717) is 6.61 Å². The summed E-state index contributed by atoms with van der Waals surface area (Å²) in [6, 6.07) is 0. The van der Waals surface area contributed by atoms with Crippen molar-refractivity contribution in [1.82, 2.24) is 0 Å². The summed E-state index contributed by atoms with van der Waals surface area (Å²) in [7, 11) is 3.02. The molecule has 0 bridgehead atoms. The Labute approximate surface area is 92.4 Å². The van der Waals surface area contributed by atoms with Gasteiger partial charge in [0.2, 0.25) is 0 Å². The van der Waals surface area contributed by atoms with E-state index in [2.05, 4.69) is 0 Å². The molecular formula is C9H14O7. The Kier molecular flexibility index (Phi) is 2.84. The average molecular weight is 234 g/mol. The molecule has 3 fully saturated rings. The number of rotatable bonds is 2. The van der Waals surface area contributed by atoms with Gasteiger partial charge in [-0.2, -0.15) is 0 Å². The molecule has 0 saturated carbocycles. The summed E-state index contributed by atoms with van der Waals surface area (Å²) >= 11 is 0. The fourth-order valence-electron chi connectivity index (χ4n) is 2.09. The standard InChI is InChI=1S/C9H14O7/c1-10-8-12-3-4-5(14-8)6-7(13-4)16-9(11-2)15-6/h4-9H,3H2,1-2H3/t4-,5+,6-,7-,8?,9?/m1/s1.